The lowest BCUT2D eigenvalue weighted by molar-refractivity contribution is -0.116. The monoisotopic (exact) mass is 303 g/mol. The van der Waals surface area contributed by atoms with Gasteiger partial charge in [0, 0.05) is 12.6 Å². The van der Waals surface area contributed by atoms with Crippen LogP contribution in [-0.4, -0.2) is 35.6 Å². The maximum absolute atomic E-state index is 12.2. The molecular weight excluding hydrogens is 290 g/mol. The van der Waals surface area contributed by atoms with Crippen LogP contribution in [-0.2, 0) is 17.9 Å². The minimum absolute atomic E-state index is 0.134. The Kier molecular flexibility index (Phi) is 3.41. The van der Waals surface area contributed by atoms with E-state index in [1.54, 1.807) is 13.0 Å². The second-order valence-corrected chi connectivity index (χ2v) is 4.63. The van der Waals surface area contributed by atoms with Gasteiger partial charge in [-0.1, -0.05) is 10.4 Å². The van der Waals surface area contributed by atoms with E-state index in [1.807, 2.05) is 6.92 Å². The largest absolute Gasteiger partial charge is 0.360 e. The van der Waals surface area contributed by atoms with E-state index in [9.17, 15) is 9.59 Å². The summed E-state index contributed by atoms with van der Waals surface area (Å²) in [5, 5.41) is 13.8. The Bertz CT molecular complexity index is 892. The third-order valence-corrected chi connectivity index (χ3v) is 3.00. The molecule has 0 aliphatic rings. The zero-order valence-electron chi connectivity index (χ0n) is 12.0. The summed E-state index contributed by atoms with van der Waals surface area (Å²) in [4.78, 5) is 28.3. The number of hydrogen-bond donors (Lipinski definition) is 1. The molecule has 10 heteroatoms. The Morgan fingerprint density at radius 3 is 2.95 bits per heavy atom. The Morgan fingerprint density at radius 1 is 1.45 bits per heavy atom. The highest BCUT2D eigenvalue weighted by Crippen LogP contribution is 2.07. The van der Waals surface area contributed by atoms with Crippen molar-refractivity contribution in [3.8, 4) is 0 Å². The molecule has 22 heavy (non-hydrogen) atoms. The number of carbonyl (C=O) groups excluding carboxylic acids is 1. The molecule has 3 aromatic heterocycles. The zero-order chi connectivity index (χ0) is 15.7. The van der Waals surface area contributed by atoms with Gasteiger partial charge in [-0.2, -0.15) is 0 Å². The first-order valence-corrected chi connectivity index (χ1v) is 6.60. The Balaban J connectivity index is 1.83. The van der Waals surface area contributed by atoms with Crippen LogP contribution in [0.25, 0.3) is 11.2 Å². The number of rotatable bonds is 4. The predicted molar refractivity (Wildman–Crippen MR) is 75.1 cm³/mol. The molecule has 3 aromatic rings. The van der Waals surface area contributed by atoms with Gasteiger partial charge in [-0.05, 0) is 13.8 Å². The van der Waals surface area contributed by atoms with Crippen LogP contribution in [0.5, 0.6) is 0 Å². The zero-order valence-corrected chi connectivity index (χ0v) is 12.0. The van der Waals surface area contributed by atoms with Crippen LogP contribution < -0.4 is 10.9 Å². The van der Waals surface area contributed by atoms with Crippen molar-refractivity contribution >= 4 is 22.9 Å². The molecule has 0 bridgehead atoms. The average molecular weight is 303 g/mol. The van der Waals surface area contributed by atoms with Gasteiger partial charge in [-0.25, -0.2) is 9.67 Å². The molecule has 10 nitrogen and oxygen atoms in total. The second-order valence-electron chi connectivity index (χ2n) is 4.63. The van der Waals surface area contributed by atoms with Gasteiger partial charge in [0.05, 0.1) is 0 Å². The van der Waals surface area contributed by atoms with Gasteiger partial charge in [0.1, 0.15) is 18.6 Å². The van der Waals surface area contributed by atoms with Crippen molar-refractivity contribution in [3.05, 3.63) is 28.5 Å². The Morgan fingerprint density at radius 2 is 2.27 bits per heavy atom. The minimum Gasteiger partial charge on any atom is -0.360 e. The molecule has 0 atom stereocenters. The van der Waals surface area contributed by atoms with Gasteiger partial charge >= 0.3 is 0 Å². The standard InChI is InChI=1S/C12H13N7O3/c1-3-19-11-10(15-17-19)12(21)18(6-13-11)5-9(20)14-8-4-7(2)22-16-8/h4,6H,3,5H2,1-2H3,(H,14,16,20). The molecule has 0 aliphatic heterocycles. The molecule has 3 heterocycles. The summed E-state index contributed by atoms with van der Waals surface area (Å²) >= 11 is 0. The molecule has 0 radical (unpaired) electrons. The Hall–Kier alpha value is -3.04. The lowest BCUT2D eigenvalue weighted by Crippen LogP contribution is -2.28. The van der Waals surface area contributed by atoms with Crippen LogP contribution in [0.2, 0.25) is 0 Å². The summed E-state index contributed by atoms with van der Waals surface area (Å²) in [7, 11) is 0. The van der Waals surface area contributed by atoms with Crippen LogP contribution in [0, 0.1) is 6.92 Å². The van der Waals surface area contributed by atoms with Crippen LogP contribution in [0.4, 0.5) is 5.82 Å². The van der Waals surface area contributed by atoms with E-state index in [-0.39, 0.29) is 12.1 Å². The van der Waals surface area contributed by atoms with Gasteiger partial charge < -0.3 is 9.84 Å². The van der Waals surface area contributed by atoms with E-state index in [0.29, 0.717) is 23.8 Å². The fourth-order valence-electron chi connectivity index (χ4n) is 1.98. The molecule has 0 spiro atoms. The summed E-state index contributed by atoms with van der Waals surface area (Å²) in [5.41, 5.74) is 0.113. The third kappa shape index (κ3) is 2.45. The number of aryl methyl sites for hydroxylation is 2. The first kappa shape index (κ1) is 13.9. The van der Waals surface area contributed by atoms with E-state index >= 15 is 0 Å². The maximum Gasteiger partial charge on any atom is 0.283 e. The maximum atomic E-state index is 12.2. The quantitative estimate of drug-likeness (QED) is 0.716. The van der Waals surface area contributed by atoms with Gasteiger partial charge in [0.15, 0.2) is 17.0 Å². The summed E-state index contributed by atoms with van der Waals surface area (Å²) in [6.45, 7) is 3.93. The van der Waals surface area contributed by atoms with Gasteiger partial charge in [-0.15, -0.1) is 5.10 Å². The van der Waals surface area contributed by atoms with Gasteiger partial charge in [0.25, 0.3) is 5.56 Å². The Labute approximate surface area is 123 Å². The van der Waals surface area contributed by atoms with E-state index in [2.05, 4.69) is 25.8 Å². The fraction of sp³-hybridized carbons (Fsp3) is 0.333. The first-order valence-electron chi connectivity index (χ1n) is 6.60. The number of amides is 1. The summed E-state index contributed by atoms with van der Waals surface area (Å²) in [5.74, 6) is 0.452. The van der Waals surface area contributed by atoms with Crippen molar-refractivity contribution in [2.75, 3.05) is 5.32 Å². The normalized spacial score (nSPS) is 11.0. The van der Waals surface area contributed by atoms with Gasteiger partial charge in [0.2, 0.25) is 5.91 Å². The molecule has 1 N–H and O–H groups in total. The van der Waals surface area contributed by atoms with Crippen molar-refractivity contribution in [1.29, 1.82) is 0 Å². The third-order valence-electron chi connectivity index (χ3n) is 3.00. The number of nitrogens with zero attached hydrogens (tertiary/aromatic N) is 6. The van der Waals surface area contributed by atoms with Gasteiger partial charge in [-0.3, -0.25) is 14.2 Å². The molecule has 0 unspecified atom stereocenters. The molecule has 3 rings (SSSR count). The number of hydrogen-bond acceptors (Lipinski definition) is 7. The molecule has 1 amide bonds. The number of nitrogens with one attached hydrogen (secondary N) is 1. The van der Waals surface area contributed by atoms with Crippen molar-refractivity contribution < 1.29 is 9.32 Å². The average Bonchev–Trinajstić information content (AvgIpc) is 3.08. The number of carbonyl (C=O) groups is 1. The van der Waals surface area contributed by atoms with Crippen molar-refractivity contribution in [2.45, 2.75) is 26.9 Å². The molecule has 0 saturated heterocycles. The second kappa shape index (κ2) is 5.39. The van der Waals surface area contributed by atoms with Crippen molar-refractivity contribution in [1.82, 2.24) is 29.7 Å². The highest BCUT2D eigenvalue weighted by molar-refractivity contribution is 5.89. The number of fused-ring (bicyclic) bond motifs is 1. The molecule has 114 valence electrons. The first-order chi connectivity index (χ1) is 10.6. The van der Waals surface area contributed by atoms with Crippen LogP contribution in [0.1, 0.15) is 12.7 Å². The van der Waals surface area contributed by atoms with Crippen LogP contribution in [0.15, 0.2) is 21.7 Å². The summed E-state index contributed by atoms with van der Waals surface area (Å²) < 4.78 is 7.52. The lowest BCUT2D eigenvalue weighted by atomic mass is 10.4. The van der Waals surface area contributed by atoms with E-state index in [4.69, 9.17) is 4.52 Å². The van der Waals surface area contributed by atoms with E-state index in [1.165, 1.54) is 15.6 Å². The SMILES string of the molecule is CCn1nnc2c(=O)n(CC(=O)Nc3cc(C)on3)cnc21. The van der Waals surface area contributed by atoms with E-state index < -0.39 is 11.5 Å². The number of anilines is 1. The van der Waals surface area contributed by atoms with Crippen molar-refractivity contribution in [2.24, 2.45) is 0 Å². The smallest absolute Gasteiger partial charge is 0.283 e. The van der Waals surface area contributed by atoms with Crippen LogP contribution >= 0.6 is 0 Å². The summed E-state index contributed by atoms with van der Waals surface area (Å²) in [6, 6.07) is 1.58. The van der Waals surface area contributed by atoms with Crippen molar-refractivity contribution in [3.63, 3.8) is 0 Å². The predicted octanol–water partition coefficient (Wildman–Crippen LogP) is -0.0570. The number of aromatic nitrogens is 6. The summed E-state index contributed by atoms with van der Waals surface area (Å²) in [6.07, 6.45) is 1.30. The highest BCUT2D eigenvalue weighted by Gasteiger charge is 2.13. The topological polar surface area (TPSA) is 121 Å². The molecule has 0 fully saturated rings. The van der Waals surface area contributed by atoms with Crippen LogP contribution in [0.3, 0.4) is 0 Å². The highest BCUT2D eigenvalue weighted by atomic mass is 16.5. The minimum atomic E-state index is -0.420. The fourth-order valence-corrected chi connectivity index (χ4v) is 1.98. The molecule has 0 saturated carbocycles. The molecule has 0 aromatic carbocycles. The van der Waals surface area contributed by atoms with E-state index in [0.717, 1.165) is 0 Å². The molecule has 0 aliphatic carbocycles. The molecular formula is C12H13N7O3. The lowest BCUT2D eigenvalue weighted by Gasteiger charge is -2.04.